The van der Waals surface area contributed by atoms with Crippen LogP contribution >= 0.6 is 23.2 Å². The molecule has 3 rings (SSSR count). The van der Waals surface area contributed by atoms with Crippen LogP contribution in [-0.4, -0.2) is 8.42 Å². The third-order valence-corrected chi connectivity index (χ3v) is 6.39. The van der Waals surface area contributed by atoms with Crippen LogP contribution < -0.4 is 4.72 Å². The summed E-state index contributed by atoms with van der Waals surface area (Å²) in [6.45, 7) is 3.66. The van der Waals surface area contributed by atoms with Gasteiger partial charge in [-0.1, -0.05) is 71.7 Å². The molecule has 0 radical (unpaired) electrons. The van der Waals surface area contributed by atoms with Gasteiger partial charge in [-0.2, -0.15) is 0 Å². The van der Waals surface area contributed by atoms with E-state index >= 15 is 0 Å². The van der Waals surface area contributed by atoms with Crippen molar-refractivity contribution in [2.45, 2.75) is 24.3 Å². The molecular weight excluding hydrogens is 401 g/mol. The highest BCUT2D eigenvalue weighted by Gasteiger charge is 2.29. The number of halogens is 2. The van der Waals surface area contributed by atoms with Gasteiger partial charge in [-0.05, 0) is 49.2 Å². The summed E-state index contributed by atoms with van der Waals surface area (Å²) in [5, 5.41) is 0.893. The van der Waals surface area contributed by atoms with Crippen molar-refractivity contribution in [1.82, 2.24) is 4.72 Å². The summed E-state index contributed by atoms with van der Waals surface area (Å²) in [6, 6.07) is 21.3. The Bertz CT molecular complexity index is 1040. The Morgan fingerprint density at radius 3 is 2.00 bits per heavy atom. The van der Waals surface area contributed by atoms with E-state index < -0.39 is 15.6 Å². The van der Waals surface area contributed by atoms with Gasteiger partial charge in [0.05, 0.1) is 10.4 Å². The lowest BCUT2D eigenvalue weighted by atomic mass is 9.96. The fourth-order valence-electron chi connectivity index (χ4n) is 2.95. The van der Waals surface area contributed by atoms with Gasteiger partial charge < -0.3 is 0 Å². The molecule has 0 spiro atoms. The van der Waals surface area contributed by atoms with Crippen LogP contribution in [0.15, 0.2) is 77.7 Å². The van der Waals surface area contributed by atoms with Crippen molar-refractivity contribution in [3.63, 3.8) is 0 Å². The predicted molar refractivity (Wildman–Crippen MR) is 112 cm³/mol. The number of hydrogen-bond donors (Lipinski definition) is 1. The molecule has 0 bridgehead atoms. The number of rotatable bonds is 5. The SMILES string of the molecule is CC(C)(NS(=O)(=O)c1ccccc1-c1cc(Cl)cc(Cl)c1)c1ccccc1. The van der Waals surface area contributed by atoms with Crippen LogP contribution in [0.5, 0.6) is 0 Å². The second-order valence-electron chi connectivity index (χ2n) is 6.75. The maximum atomic E-state index is 13.2. The molecule has 0 atom stereocenters. The average molecular weight is 420 g/mol. The van der Waals surface area contributed by atoms with E-state index in [0.29, 0.717) is 21.2 Å². The molecule has 3 aromatic rings. The zero-order valence-corrected chi connectivity index (χ0v) is 17.2. The van der Waals surface area contributed by atoms with Crippen molar-refractivity contribution in [3.8, 4) is 11.1 Å². The van der Waals surface area contributed by atoms with E-state index in [-0.39, 0.29) is 4.90 Å². The van der Waals surface area contributed by atoms with Crippen molar-refractivity contribution in [2.24, 2.45) is 0 Å². The average Bonchev–Trinajstić information content (AvgIpc) is 2.61. The molecule has 140 valence electrons. The minimum atomic E-state index is -3.81. The van der Waals surface area contributed by atoms with E-state index in [1.54, 1.807) is 42.5 Å². The zero-order valence-electron chi connectivity index (χ0n) is 14.9. The molecule has 0 heterocycles. The first-order valence-electron chi connectivity index (χ1n) is 8.34. The predicted octanol–water partition coefficient (Wildman–Crippen LogP) is 5.87. The summed E-state index contributed by atoms with van der Waals surface area (Å²) in [5.41, 5.74) is 1.28. The lowest BCUT2D eigenvalue weighted by molar-refractivity contribution is 0.472. The van der Waals surface area contributed by atoms with E-state index in [1.807, 2.05) is 44.2 Å². The van der Waals surface area contributed by atoms with Crippen LogP contribution in [0.4, 0.5) is 0 Å². The smallest absolute Gasteiger partial charge is 0.207 e. The first kappa shape index (κ1) is 19.9. The fourth-order valence-corrected chi connectivity index (χ4v) is 5.11. The Morgan fingerprint density at radius 2 is 1.37 bits per heavy atom. The van der Waals surface area contributed by atoms with E-state index in [0.717, 1.165) is 5.56 Å². The maximum absolute atomic E-state index is 13.2. The molecule has 3 nitrogen and oxygen atoms in total. The van der Waals surface area contributed by atoms with Crippen LogP contribution in [0.3, 0.4) is 0 Å². The third-order valence-electron chi connectivity index (χ3n) is 4.24. The standard InChI is InChI=1S/C21H19Cl2NO2S/c1-21(2,16-8-4-3-5-9-16)24-27(25,26)20-11-7-6-10-19(20)15-12-17(22)14-18(23)13-15/h3-14,24H,1-2H3. The molecule has 0 aliphatic heterocycles. The minimum Gasteiger partial charge on any atom is -0.207 e. The van der Waals surface area contributed by atoms with Gasteiger partial charge in [0.15, 0.2) is 0 Å². The number of sulfonamides is 1. The summed E-state index contributed by atoms with van der Waals surface area (Å²) in [6.07, 6.45) is 0. The lowest BCUT2D eigenvalue weighted by Crippen LogP contribution is -2.41. The molecule has 0 aliphatic carbocycles. The van der Waals surface area contributed by atoms with Gasteiger partial charge in [0.2, 0.25) is 10.0 Å². The monoisotopic (exact) mass is 419 g/mol. The summed E-state index contributed by atoms with van der Waals surface area (Å²) in [5.74, 6) is 0. The Balaban J connectivity index is 2.06. The van der Waals surface area contributed by atoms with Crippen LogP contribution in [0.1, 0.15) is 19.4 Å². The molecule has 6 heteroatoms. The van der Waals surface area contributed by atoms with E-state index in [1.165, 1.54) is 0 Å². The topological polar surface area (TPSA) is 46.2 Å². The van der Waals surface area contributed by atoms with Crippen molar-refractivity contribution >= 4 is 33.2 Å². The first-order valence-corrected chi connectivity index (χ1v) is 10.6. The van der Waals surface area contributed by atoms with Crippen molar-refractivity contribution in [2.75, 3.05) is 0 Å². The summed E-state index contributed by atoms with van der Waals surface area (Å²) >= 11 is 12.2. The van der Waals surface area contributed by atoms with Crippen molar-refractivity contribution in [3.05, 3.63) is 88.4 Å². The maximum Gasteiger partial charge on any atom is 0.241 e. The van der Waals surface area contributed by atoms with Gasteiger partial charge in [-0.25, -0.2) is 13.1 Å². The van der Waals surface area contributed by atoms with E-state index in [9.17, 15) is 8.42 Å². The van der Waals surface area contributed by atoms with Gasteiger partial charge in [-0.3, -0.25) is 0 Å². The van der Waals surface area contributed by atoms with E-state index in [2.05, 4.69) is 4.72 Å². The normalized spacial score (nSPS) is 12.1. The van der Waals surface area contributed by atoms with Gasteiger partial charge in [0, 0.05) is 15.6 Å². The van der Waals surface area contributed by atoms with E-state index in [4.69, 9.17) is 23.2 Å². The molecule has 0 aromatic heterocycles. The van der Waals surface area contributed by atoms with Crippen LogP contribution in [0.25, 0.3) is 11.1 Å². The Labute approximate surface area is 170 Å². The second kappa shape index (κ2) is 7.64. The molecule has 0 aliphatic rings. The highest BCUT2D eigenvalue weighted by molar-refractivity contribution is 7.89. The van der Waals surface area contributed by atoms with Gasteiger partial charge in [0.1, 0.15) is 0 Å². The first-order chi connectivity index (χ1) is 12.7. The summed E-state index contributed by atoms with van der Waals surface area (Å²) in [7, 11) is -3.81. The second-order valence-corrected chi connectivity index (χ2v) is 9.27. The highest BCUT2D eigenvalue weighted by atomic mass is 35.5. The van der Waals surface area contributed by atoms with Gasteiger partial charge >= 0.3 is 0 Å². The minimum absolute atomic E-state index is 0.173. The number of nitrogens with one attached hydrogen (secondary N) is 1. The van der Waals surface area contributed by atoms with Gasteiger partial charge in [-0.15, -0.1) is 0 Å². The summed E-state index contributed by atoms with van der Waals surface area (Å²) < 4.78 is 29.2. The number of hydrogen-bond acceptors (Lipinski definition) is 2. The van der Waals surface area contributed by atoms with Crippen molar-refractivity contribution < 1.29 is 8.42 Å². The largest absolute Gasteiger partial charge is 0.241 e. The van der Waals surface area contributed by atoms with Gasteiger partial charge in [0.25, 0.3) is 0 Å². The van der Waals surface area contributed by atoms with Crippen molar-refractivity contribution in [1.29, 1.82) is 0 Å². The molecule has 3 aromatic carbocycles. The molecule has 1 N–H and O–H groups in total. The molecule has 0 amide bonds. The highest BCUT2D eigenvalue weighted by Crippen LogP contribution is 2.33. The lowest BCUT2D eigenvalue weighted by Gasteiger charge is -2.27. The molecule has 0 fully saturated rings. The molecule has 0 saturated heterocycles. The Kier molecular flexibility index (Phi) is 5.63. The van der Waals surface area contributed by atoms with Crippen LogP contribution in [0, 0.1) is 0 Å². The molecule has 0 saturated carbocycles. The quantitative estimate of drug-likeness (QED) is 0.561. The molecule has 0 unspecified atom stereocenters. The summed E-state index contributed by atoms with van der Waals surface area (Å²) in [4.78, 5) is 0.173. The molecular formula is C21H19Cl2NO2S. The van der Waals surface area contributed by atoms with Crippen LogP contribution in [-0.2, 0) is 15.6 Å². The Morgan fingerprint density at radius 1 is 0.815 bits per heavy atom. The Hall–Kier alpha value is -1.85. The zero-order chi connectivity index (χ0) is 19.7. The van der Waals surface area contributed by atoms with Crippen LogP contribution in [0.2, 0.25) is 10.0 Å². The fraction of sp³-hybridized carbons (Fsp3) is 0.143. The number of benzene rings is 3. The third kappa shape index (κ3) is 4.53. The molecule has 27 heavy (non-hydrogen) atoms.